The molecule has 1 atom stereocenters. The Morgan fingerprint density at radius 2 is 1.83 bits per heavy atom. The van der Waals surface area contributed by atoms with Crippen molar-refractivity contribution in [1.82, 2.24) is 4.90 Å². The van der Waals surface area contributed by atoms with Crippen LogP contribution in [-0.4, -0.2) is 42.2 Å². The number of aryl methyl sites for hydroxylation is 1. The summed E-state index contributed by atoms with van der Waals surface area (Å²) in [6.45, 7) is 10.2. The lowest BCUT2D eigenvalue weighted by Crippen LogP contribution is -2.47. The molecule has 1 fully saturated rings. The Bertz CT molecular complexity index is 730. The number of carbonyl (C=O) groups is 1. The Labute approximate surface area is 142 Å². The lowest BCUT2D eigenvalue weighted by molar-refractivity contribution is 0.0655. The smallest absolute Gasteiger partial charge is 0.371 e. The van der Waals surface area contributed by atoms with Crippen molar-refractivity contribution in [1.29, 1.82) is 0 Å². The van der Waals surface area contributed by atoms with Gasteiger partial charge in [0.2, 0.25) is 5.76 Å². The van der Waals surface area contributed by atoms with Crippen LogP contribution < -0.4 is 4.90 Å². The van der Waals surface area contributed by atoms with Crippen LogP contribution in [0.3, 0.4) is 0 Å². The minimum absolute atomic E-state index is 0.00544. The summed E-state index contributed by atoms with van der Waals surface area (Å²) in [6, 6.07) is 9.83. The third-order valence-electron chi connectivity index (χ3n) is 5.03. The zero-order chi connectivity index (χ0) is 17.3. The molecule has 0 spiro atoms. The third kappa shape index (κ3) is 3.17. The van der Waals surface area contributed by atoms with Gasteiger partial charge in [-0.3, -0.25) is 4.90 Å². The first-order chi connectivity index (χ1) is 11.5. The van der Waals surface area contributed by atoms with Gasteiger partial charge in [0.1, 0.15) is 5.76 Å². The molecule has 1 aromatic heterocycles. The maximum atomic E-state index is 11.0. The fourth-order valence-electron chi connectivity index (χ4n) is 3.30. The SMILES string of the molecule is Cc1cccc(N2CCN(C(C)c3ccc(C(=O)O)o3)CC2)c1C. The minimum Gasteiger partial charge on any atom is -0.475 e. The van der Waals surface area contributed by atoms with E-state index < -0.39 is 5.97 Å². The van der Waals surface area contributed by atoms with Gasteiger partial charge in [0.05, 0.1) is 6.04 Å². The predicted molar refractivity (Wildman–Crippen MR) is 93.8 cm³/mol. The minimum atomic E-state index is -1.02. The van der Waals surface area contributed by atoms with Gasteiger partial charge in [0.25, 0.3) is 0 Å². The van der Waals surface area contributed by atoms with E-state index in [0.717, 1.165) is 26.2 Å². The number of hydrogen-bond acceptors (Lipinski definition) is 4. The van der Waals surface area contributed by atoms with Crippen molar-refractivity contribution in [2.24, 2.45) is 0 Å². The Morgan fingerprint density at radius 1 is 1.12 bits per heavy atom. The molecule has 2 heterocycles. The molecule has 0 saturated carbocycles. The molecule has 5 heteroatoms. The molecule has 24 heavy (non-hydrogen) atoms. The Kier molecular flexibility index (Phi) is 4.62. The summed E-state index contributed by atoms with van der Waals surface area (Å²) in [5.41, 5.74) is 3.98. The predicted octanol–water partition coefficient (Wildman–Crippen LogP) is 3.48. The summed E-state index contributed by atoms with van der Waals surface area (Å²) in [6.07, 6.45) is 0. The Morgan fingerprint density at radius 3 is 2.46 bits per heavy atom. The van der Waals surface area contributed by atoms with Crippen LogP contribution in [0.5, 0.6) is 0 Å². The summed E-state index contributed by atoms with van der Waals surface area (Å²) in [5, 5.41) is 8.99. The van der Waals surface area contributed by atoms with Crippen LogP contribution in [0.4, 0.5) is 5.69 Å². The molecule has 1 aliphatic heterocycles. The lowest BCUT2D eigenvalue weighted by atomic mass is 10.1. The van der Waals surface area contributed by atoms with Gasteiger partial charge in [0.15, 0.2) is 0 Å². The van der Waals surface area contributed by atoms with Gasteiger partial charge in [-0.05, 0) is 50.1 Å². The summed E-state index contributed by atoms with van der Waals surface area (Å²) < 4.78 is 5.45. The van der Waals surface area contributed by atoms with Crippen molar-refractivity contribution < 1.29 is 14.3 Å². The summed E-state index contributed by atoms with van der Waals surface area (Å²) in [4.78, 5) is 15.7. The molecule has 5 nitrogen and oxygen atoms in total. The molecule has 0 bridgehead atoms. The van der Waals surface area contributed by atoms with Gasteiger partial charge in [-0.25, -0.2) is 4.79 Å². The second kappa shape index (κ2) is 6.69. The summed E-state index contributed by atoms with van der Waals surface area (Å²) in [5.74, 6) is -0.299. The average molecular weight is 328 g/mol. The largest absolute Gasteiger partial charge is 0.475 e. The van der Waals surface area contributed by atoms with Gasteiger partial charge < -0.3 is 14.4 Å². The molecule has 0 amide bonds. The van der Waals surface area contributed by atoms with Crippen LogP contribution in [0, 0.1) is 13.8 Å². The molecule has 0 aliphatic carbocycles. The summed E-state index contributed by atoms with van der Waals surface area (Å²) >= 11 is 0. The third-order valence-corrected chi connectivity index (χ3v) is 5.03. The number of anilines is 1. The molecule has 3 rings (SSSR count). The molecule has 1 aliphatic rings. The molecular formula is C19H24N2O3. The van der Waals surface area contributed by atoms with E-state index in [9.17, 15) is 4.79 Å². The van der Waals surface area contributed by atoms with Gasteiger partial charge >= 0.3 is 5.97 Å². The van der Waals surface area contributed by atoms with Crippen molar-refractivity contribution in [3.05, 3.63) is 53.0 Å². The number of furan rings is 1. The average Bonchev–Trinajstić information content (AvgIpc) is 3.07. The maximum Gasteiger partial charge on any atom is 0.371 e. The van der Waals surface area contributed by atoms with Gasteiger partial charge in [0, 0.05) is 31.9 Å². The molecule has 128 valence electrons. The molecule has 1 saturated heterocycles. The number of rotatable bonds is 4. The van der Waals surface area contributed by atoms with Crippen LogP contribution in [0.25, 0.3) is 0 Å². The van der Waals surface area contributed by atoms with E-state index in [1.165, 1.54) is 22.9 Å². The molecular weight excluding hydrogens is 304 g/mol. The molecule has 2 aromatic rings. The van der Waals surface area contributed by atoms with E-state index in [2.05, 4.69) is 48.8 Å². The monoisotopic (exact) mass is 328 g/mol. The second-order valence-electron chi connectivity index (χ2n) is 6.43. The van der Waals surface area contributed by atoms with Gasteiger partial charge in [-0.15, -0.1) is 0 Å². The van der Waals surface area contributed by atoms with E-state index in [-0.39, 0.29) is 11.8 Å². The fourth-order valence-corrected chi connectivity index (χ4v) is 3.30. The van der Waals surface area contributed by atoms with E-state index in [0.29, 0.717) is 5.76 Å². The number of aromatic carboxylic acids is 1. The van der Waals surface area contributed by atoms with Crippen molar-refractivity contribution >= 4 is 11.7 Å². The van der Waals surface area contributed by atoms with Crippen LogP contribution >= 0.6 is 0 Å². The number of carboxylic acids is 1. The molecule has 1 unspecified atom stereocenters. The lowest BCUT2D eigenvalue weighted by Gasteiger charge is -2.39. The highest BCUT2D eigenvalue weighted by atomic mass is 16.4. The number of nitrogens with zero attached hydrogens (tertiary/aromatic N) is 2. The number of carboxylic acid groups (broad SMARTS) is 1. The van der Waals surface area contributed by atoms with E-state index in [1.807, 2.05) is 0 Å². The van der Waals surface area contributed by atoms with Crippen LogP contribution in [0.2, 0.25) is 0 Å². The van der Waals surface area contributed by atoms with Gasteiger partial charge in [-0.1, -0.05) is 12.1 Å². The summed E-state index contributed by atoms with van der Waals surface area (Å²) in [7, 11) is 0. The first kappa shape index (κ1) is 16.6. The van der Waals surface area contributed by atoms with E-state index in [4.69, 9.17) is 9.52 Å². The van der Waals surface area contributed by atoms with Crippen LogP contribution in [0.1, 0.15) is 40.4 Å². The first-order valence-electron chi connectivity index (χ1n) is 8.35. The zero-order valence-corrected chi connectivity index (χ0v) is 14.5. The number of benzene rings is 1. The zero-order valence-electron chi connectivity index (χ0n) is 14.5. The maximum absolute atomic E-state index is 11.0. The number of hydrogen-bond donors (Lipinski definition) is 1. The Balaban J connectivity index is 1.66. The highest BCUT2D eigenvalue weighted by molar-refractivity contribution is 5.84. The van der Waals surface area contributed by atoms with E-state index >= 15 is 0 Å². The van der Waals surface area contributed by atoms with Crippen molar-refractivity contribution in [2.75, 3.05) is 31.1 Å². The number of piperazine rings is 1. The molecule has 1 aromatic carbocycles. The van der Waals surface area contributed by atoms with E-state index in [1.54, 1.807) is 6.07 Å². The van der Waals surface area contributed by atoms with Crippen molar-refractivity contribution in [3.8, 4) is 0 Å². The molecule has 1 N–H and O–H groups in total. The second-order valence-corrected chi connectivity index (χ2v) is 6.43. The topological polar surface area (TPSA) is 56.9 Å². The highest BCUT2D eigenvalue weighted by Gasteiger charge is 2.25. The quantitative estimate of drug-likeness (QED) is 0.931. The normalized spacial score (nSPS) is 17.0. The van der Waals surface area contributed by atoms with Crippen LogP contribution in [-0.2, 0) is 0 Å². The van der Waals surface area contributed by atoms with Crippen LogP contribution in [0.15, 0.2) is 34.7 Å². The fraction of sp³-hybridized carbons (Fsp3) is 0.421. The molecule has 0 radical (unpaired) electrons. The van der Waals surface area contributed by atoms with Crippen molar-refractivity contribution in [3.63, 3.8) is 0 Å². The first-order valence-corrected chi connectivity index (χ1v) is 8.35. The Hall–Kier alpha value is -2.27. The highest BCUT2D eigenvalue weighted by Crippen LogP contribution is 2.27. The van der Waals surface area contributed by atoms with Crippen molar-refractivity contribution in [2.45, 2.75) is 26.8 Å². The standard InChI is InChI=1S/C19H24N2O3/c1-13-5-4-6-16(14(13)2)21-11-9-20(10-12-21)15(3)17-7-8-18(24-17)19(22)23/h4-8,15H,9-12H2,1-3H3,(H,22,23). The van der Waals surface area contributed by atoms with Gasteiger partial charge in [-0.2, -0.15) is 0 Å².